The van der Waals surface area contributed by atoms with Crippen LogP contribution in [-0.4, -0.2) is 8.07 Å². The average Bonchev–Trinajstić information content (AvgIpc) is 3.54. The van der Waals surface area contributed by atoms with Gasteiger partial charge in [0, 0.05) is 5.54 Å². The molecule has 4 aromatic carbocycles. The fourth-order valence-electron chi connectivity index (χ4n) is 6.75. The first-order valence-corrected chi connectivity index (χ1v) is 18.5. The fourth-order valence-corrected chi connectivity index (χ4v) is 12.0. The molecule has 0 aromatic heterocycles. The maximum absolute atomic E-state index is 2.55. The molecule has 0 radical (unpaired) electrons. The lowest BCUT2D eigenvalue weighted by molar-refractivity contribution is 0.795. The number of allylic oxidation sites excluding steroid dienone is 4. The molecule has 0 spiro atoms. The summed E-state index contributed by atoms with van der Waals surface area (Å²) in [4.78, 5) is 0. The number of aryl methyl sites for hydroxylation is 3. The van der Waals surface area contributed by atoms with E-state index in [9.17, 15) is 0 Å². The quantitative estimate of drug-likeness (QED) is 0.105. The van der Waals surface area contributed by atoms with E-state index >= 15 is 0 Å². The van der Waals surface area contributed by atoms with Crippen molar-refractivity contribution in [3.8, 4) is 0 Å². The van der Waals surface area contributed by atoms with Gasteiger partial charge in [-0.2, -0.15) is 0 Å². The SMILES string of the molecule is CCCCc1ccc([Si](c2ccc(CCCC)cc2)(c2ccc(CCCC)cc2)C2C=CC=C2c2ccccc2)cc1. The topological polar surface area (TPSA) is 0 Å². The maximum atomic E-state index is 2.51. The van der Waals surface area contributed by atoms with E-state index in [4.69, 9.17) is 0 Å². The van der Waals surface area contributed by atoms with Crippen LogP contribution in [0.3, 0.4) is 0 Å². The van der Waals surface area contributed by atoms with Crippen LogP contribution in [0.1, 0.15) is 81.5 Å². The molecule has 0 bridgehead atoms. The molecule has 5 rings (SSSR count). The molecule has 0 nitrogen and oxygen atoms in total. The lowest BCUT2D eigenvalue weighted by atomic mass is 10.1. The molecule has 0 N–H and O–H groups in total. The number of hydrogen-bond acceptors (Lipinski definition) is 0. The van der Waals surface area contributed by atoms with Crippen molar-refractivity contribution in [1.29, 1.82) is 0 Å². The molecule has 0 aliphatic heterocycles. The molecular formula is C41H48Si. The van der Waals surface area contributed by atoms with Crippen LogP contribution in [0.15, 0.2) is 121 Å². The van der Waals surface area contributed by atoms with Crippen molar-refractivity contribution in [3.63, 3.8) is 0 Å². The predicted octanol–water partition coefficient (Wildman–Crippen LogP) is 9.21. The minimum Gasteiger partial charge on any atom is -0.0787 e. The molecule has 0 saturated carbocycles. The Morgan fingerprint density at radius 1 is 0.500 bits per heavy atom. The molecule has 0 amide bonds. The van der Waals surface area contributed by atoms with Crippen LogP contribution in [0.25, 0.3) is 5.57 Å². The summed E-state index contributed by atoms with van der Waals surface area (Å²) in [5.41, 5.74) is 7.45. The first-order valence-electron chi connectivity index (χ1n) is 16.4. The van der Waals surface area contributed by atoms with Gasteiger partial charge in [0.25, 0.3) is 0 Å². The van der Waals surface area contributed by atoms with Crippen LogP contribution in [0, 0.1) is 0 Å². The van der Waals surface area contributed by atoms with Gasteiger partial charge in [-0.15, -0.1) is 0 Å². The van der Waals surface area contributed by atoms with Crippen molar-refractivity contribution in [1.82, 2.24) is 0 Å². The number of unbranched alkanes of at least 4 members (excludes halogenated alkanes) is 3. The third-order valence-electron chi connectivity index (χ3n) is 9.17. The number of benzene rings is 4. The van der Waals surface area contributed by atoms with E-state index in [0.717, 1.165) is 19.3 Å². The number of rotatable bonds is 14. The van der Waals surface area contributed by atoms with Gasteiger partial charge in [0.2, 0.25) is 0 Å². The normalized spacial score (nSPS) is 14.7. The van der Waals surface area contributed by atoms with Crippen molar-refractivity contribution >= 4 is 29.2 Å². The summed E-state index contributed by atoms with van der Waals surface area (Å²) >= 11 is 0. The minimum atomic E-state index is -2.55. The Morgan fingerprint density at radius 2 is 0.905 bits per heavy atom. The van der Waals surface area contributed by atoms with E-state index in [1.54, 1.807) is 0 Å². The highest BCUT2D eigenvalue weighted by Crippen LogP contribution is 2.41. The Kier molecular flexibility index (Phi) is 10.5. The summed E-state index contributed by atoms with van der Waals surface area (Å²) in [7, 11) is -2.55. The second kappa shape index (κ2) is 14.7. The second-order valence-electron chi connectivity index (χ2n) is 12.1. The van der Waals surface area contributed by atoms with Gasteiger partial charge in [0.05, 0.1) is 0 Å². The van der Waals surface area contributed by atoms with E-state index in [-0.39, 0.29) is 0 Å². The Bertz CT molecular complexity index is 1320. The molecule has 42 heavy (non-hydrogen) atoms. The van der Waals surface area contributed by atoms with E-state index in [0.29, 0.717) is 5.54 Å². The zero-order chi connectivity index (χ0) is 29.2. The molecule has 1 heteroatoms. The van der Waals surface area contributed by atoms with Crippen LogP contribution in [0.2, 0.25) is 5.54 Å². The van der Waals surface area contributed by atoms with Crippen molar-refractivity contribution in [3.05, 3.63) is 144 Å². The lowest BCUT2D eigenvalue weighted by Gasteiger charge is -2.40. The summed E-state index contributed by atoms with van der Waals surface area (Å²) in [5, 5.41) is 4.51. The zero-order valence-electron chi connectivity index (χ0n) is 26.0. The van der Waals surface area contributed by atoms with Crippen molar-refractivity contribution < 1.29 is 0 Å². The first-order chi connectivity index (χ1) is 20.7. The molecular weight excluding hydrogens is 521 g/mol. The molecule has 1 atom stereocenters. The van der Waals surface area contributed by atoms with Gasteiger partial charge in [-0.3, -0.25) is 0 Å². The third kappa shape index (κ3) is 6.47. The second-order valence-corrected chi connectivity index (χ2v) is 16.0. The smallest absolute Gasteiger partial charge is 0.0787 e. The Morgan fingerprint density at radius 3 is 1.29 bits per heavy atom. The van der Waals surface area contributed by atoms with E-state index < -0.39 is 8.07 Å². The summed E-state index contributed by atoms with van der Waals surface area (Å²) < 4.78 is 0. The largest absolute Gasteiger partial charge is 0.159 e. The van der Waals surface area contributed by atoms with Crippen LogP contribution >= 0.6 is 0 Å². The molecule has 0 heterocycles. The Balaban J connectivity index is 1.72. The van der Waals surface area contributed by atoms with Crippen molar-refractivity contribution in [2.45, 2.75) is 84.1 Å². The molecule has 1 aliphatic carbocycles. The van der Waals surface area contributed by atoms with Crippen molar-refractivity contribution in [2.24, 2.45) is 0 Å². The highest BCUT2D eigenvalue weighted by molar-refractivity contribution is 7.13. The van der Waals surface area contributed by atoms with Crippen LogP contribution in [-0.2, 0) is 19.3 Å². The molecule has 0 saturated heterocycles. The number of hydrogen-bond donors (Lipinski definition) is 0. The third-order valence-corrected chi connectivity index (χ3v) is 14.3. The molecule has 0 fully saturated rings. The Labute approximate surface area is 256 Å². The van der Waals surface area contributed by atoms with Gasteiger partial charge in [-0.25, -0.2) is 0 Å². The molecule has 1 aliphatic rings. The average molecular weight is 569 g/mol. The minimum absolute atomic E-state index is 0.310. The summed E-state index contributed by atoms with van der Waals surface area (Å²) in [5.74, 6) is 0. The monoisotopic (exact) mass is 568 g/mol. The van der Waals surface area contributed by atoms with Crippen LogP contribution < -0.4 is 15.6 Å². The van der Waals surface area contributed by atoms with Crippen LogP contribution in [0.4, 0.5) is 0 Å². The summed E-state index contributed by atoms with van der Waals surface area (Å²) in [6, 6.07) is 40.5. The summed E-state index contributed by atoms with van der Waals surface area (Å²) in [6.07, 6.45) is 18.1. The highest BCUT2D eigenvalue weighted by atomic mass is 28.3. The molecule has 216 valence electrons. The fraction of sp³-hybridized carbons (Fsp3) is 0.317. The first kappa shape index (κ1) is 30.0. The van der Waals surface area contributed by atoms with Gasteiger partial charge in [0.1, 0.15) is 0 Å². The van der Waals surface area contributed by atoms with Crippen molar-refractivity contribution in [2.75, 3.05) is 0 Å². The zero-order valence-corrected chi connectivity index (χ0v) is 27.0. The van der Waals surface area contributed by atoms with E-state index in [2.05, 4.69) is 142 Å². The molecule has 4 aromatic rings. The van der Waals surface area contributed by atoms with Gasteiger partial charge >= 0.3 is 0 Å². The Hall–Kier alpha value is -3.42. The van der Waals surface area contributed by atoms with Gasteiger partial charge in [-0.05, 0) is 81.9 Å². The molecule has 1 unspecified atom stereocenters. The highest BCUT2D eigenvalue weighted by Gasteiger charge is 2.47. The van der Waals surface area contributed by atoms with E-state index in [1.807, 2.05) is 0 Å². The lowest BCUT2D eigenvalue weighted by Crippen LogP contribution is -2.69. The summed E-state index contributed by atoms with van der Waals surface area (Å²) in [6.45, 7) is 6.85. The maximum Gasteiger partial charge on any atom is 0.159 e. The predicted molar refractivity (Wildman–Crippen MR) is 187 cm³/mol. The van der Waals surface area contributed by atoms with Gasteiger partial charge in [-0.1, -0.05) is 161 Å². The standard InChI is InChI=1S/C41H48Si/c1-4-7-14-33-21-27-37(28-22-33)42(38-29-23-34(24-30-38)15-8-5-2,39-31-25-35(26-32-39)16-9-6-3)41-20-13-19-40(41)36-17-11-10-12-18-36/h10-13,17-32,41H,4-9,14-16H2,1-3H3. The van der Waals surface area contributed by atoms with Gasteiger partial charge < -0.3 is 0 Å². The van der Waals surface area contributed by atoms with Gasteiger partial charge in [0.15, 0.2) is 8.07 Å². The van der Waals surface area contributed by atoms with Crippen LogP contribution in [0.5, 0.6) is 0 Å². The van der Waals surface area contributed by atoms with E-state index in [1.165, 1.54) is 81.9 Å².